The average Bonchev–Trinajstić information content (AvgIpc) is 2.97. The summed E-state index contributed by atoms with van der Waals surface area (Å²) >= 11 is 0. The summed E-state index contributed by atoms with van der Waals surface area (Å²) in [4.78, 5) is 22.0. The van der Waals surface area contributed by atoms with Gasteiger partial charge in [0.2, 0.25) is 11.8 Å². The molecule has 0 unspecified atom stereocenters. The monoisotopic (exact) mass is 348 g/mol. The molecule has 0 aliphatic carbocycles. The van der Waals surface area contributed by atoms with Gasteiger partial charge in [-0.3, -0.25) is 9.69 Å². The molecule has 0 aromatic carbocycles. The molecule has 6 heteroatoms. The van der Waals surface area contributed by atoms with Crippen LogP contribution in [-0.4, -0.2) is 58.1 Å². The van der Waals surface area contributed by atoms with Crippen molar-refractivity contribution in [3.8, 4) is 0 Å². The molecule has 2 atom stereocenters. The molecule has 2 aliphatic heterocycles. The van der Waals surface area contributed by atoms with Crippen molar-refractivity contribution in [2.45, 2.75) is 77.2 Å². The number of likely N-dealkylation sites (tertiary alicyclic amines) is 2. The third kappa shape index (κ3) is 4.40. The number of hydrogen-bond donors (Lipinski definition) is 0. The number of carbonyl (C=O) groups is 1. The smallest absolute Gasteiger partial charge is 0.239 e. The summed E-state index contributed by atoms with van der Waals surface area (Å²) < 4.78 is 5.36. The summed E-state index contributed by atoms with van der Waals surface area (Å²) in [6.45, 7) is 9.84. The van der Waals surface area contributed by atoms with Crippen molar-refractivity contribution in [3.63, 3.8) is 0 Å². The van der Waals surface area contributed by atoms with Gasteiger partial charge in [0.1, 0.15) is 0 Å². The van der Waals surface area contributed by atoms with Crippen molar-refractivity contribution in [2.24, 2.45) is 0 Å². The molecule has 1 aromatic rings. The number of nitrogens with zero attached hydrogens (tertiary/aromatic N) is 4. The Labute approximate surface area is 150 Å². The molecule has 25 heavy (non-hydrogen) atoms. The molecule has 2 fully saturated rings. The Balaban J connectivity index is 1.62. The highest BCUT2D eigenvalue weighted by Gasteiger charge is 2.32. The second kappa shape index (κ2) is 8.30. The first-order valence-electron chi connectivity index (χ1n) is 9.92. The second-order valence-corrected chi connectivity index (χ2v) is 7.90. The summed E-state index contributed by atoms with van der Waals surface area (Å²) in [5.41, 5.74) is 0. The summed E-state index contributed by atoms with van der Waals surface area (Å²) in [5, 5.41) is 4.17. The van der Waals surface area contributed by atoms with Gasteiger partial charge in [-0.2, -0.15) is 4.98 Å². The maximum Gasteiger partial charge on any atom is 0.239 e. The fourth-order valence-electron chi connectivity index (χ4n) is 3.94. The van der Waals surface area contributed by atoms with Gasteiger partial charge in [0.15, 0.2) is 5.82 Å². The fraction of sp³-hybridized carbons (Fsp3) is 0.842. The van der Waals surface area contributed by atoms with E-state index in [1.165, 1.54) is 25.7 Å². The molecule has 140 valence electrons. The molecule has 0 spiro atoms. The lowest BCUT2D eigenvalue weighted by Crippen LogP contribution is -2.50. The number of hydrogen-bond acceptors (Lipinski definition) is 5. The predicted octanol–water partition coefficient (Wildman–Crippen LogP) is 3.16. The van der Waals surface area contributed by atoms with Gasteiger partial charge in [-0.1, -0.05) is 31.8 Å². The van der Waals surface area contributed by atoms with E-state index in [0.717, 1.165) is 38.3 Å². The van der Waals surface area contributed by atoms with E-state index in [-0.39, 0.29) is 23.8 Å². The maximum absolute atomic E-state index is 13.0. The molecule has 0 bridgehead atoms. The summed E-state index contributed by atoms with van der Waals surface area (Å²) in [5.74, 6) is 2.16. The van der Waals surface area contributed by atoms with Gasteiger partial charge in [0, 0.05) is 24.9 Å². The van der Waals surface area contributed by atoms with Gasteiger partial charge < -0.3 is 9.42 Å². The van der Waals surface area contributed by atoms with Crippen molar-refractivity contribution in [1.82, 2.24) is 19.9 Å². The Bertz CT molecular complexity index is 564. The summed E-state index contributed by atoms with van der Waals surface area (Å²) in [7, 11) is 0. The van der Waals surface area contributed by atoms with Gasteiger partial charge >= 0.3 is 0 Å². The number of rotatable bonds is 4. The lowest BCUT2D eigenvalue weighted by atomic mass is 9.96. The van der Waals surface area contributed by atoms with E-state index < -0.39 is 0 Å². The molecule has 2 saturated heterocycles. The Morgan fingerprint density at radius 1 is 1.08 bits per heavy atom. The van der Waals surface area contributed by atoms with E-state index in [4.69, 9.17) is 4.52 Å². The Morgan fingerprint density at radius 2 is 1.80 bits per heavy atom. The first-order valence-corrected chi connectivity index (χ1v) is 9.92. The van der Waals surface area contributed by atoms with E-state index in [1.54, 1.807) is 0 Å². The molecule has 6 nitrogen and oxygen atoms in total. The van der Waals surface area contributed by atoms with Crippen LogP contribution in [0.4, 0.5) is 0 Å². The average molecular weight is 348 g/mol. The van der Waals surface area contributed by atoms with Crippen molar-refractivity contribution >= 4 is 5.91 Å². The van der Waals surface area contributed by atoms with E-state index in [2.05, 4.69) is 35.8 Å². The molecule has 3 rings (SSSR count). The number of carbonyl (C=O) groups excluding carboxylic acids is 1. The molecular weight excluding hydrogens is 316 g/mol. The van der Waals surface area contributed by atoms with Crippen molar-refractivity contribution in [3.05, 3.63) is 11.7 Å². The number of piperidine rings is 1. The van der Waals surface area contributed by atoms with E-state index in [9.17, 15) is 4.79 Å². The van der Waals surface area contributed by atoms with Crippen LogP contribution in [0, 0.1) is 0 Å². The van der Waals surface area contributed by atoms with Crippen LogP contribution >= 0.6 is 0 Å². The lowest BCUT2D eigenvalue weighted by Gasteiger charge is -2.36. The lowest BCUT2D eigenvalue weighted by molar-refractivity contribution is -0.137. The topological polar surface area (TPSA) is 62.5 Å². The first-order chi connectivity index (χ1) is 12.1. The first kappa shape index (κ1) is 18.4. The highest BCUT2D eigenvalue weighted by atomic mass is 16.5. The third-order valence-electron chi connectivity index (χ3n) is 5.60. The van der Waals surface area contributed by atoms with Gasteiger partial charge in [0.05, 0.1) is 6.04 Å². The standard InChI is InChI=1S/C19H32N4O2/c1-14(2)18-20-17(21-25-18)16-9-8-12-23(13-16)19(24)15(3)22-10-6-4-5-7-11-22/h14-16H,4-13H2,1-3H3/t15-,16-/m1/s1. The van der Waals surface area contributed by atoms with Crippen LogP contribution < -0.4 is 0 Å². The minimum Gasteiger partial charge on any atom is -0.341 e. The van der Waals surface area contributed by atoms with Crippen molar-refractivity contribution < 1.29 is 9.32 Å². The minimum absolute atomic E-state index is 0.0201. The Kier molecular flexibility index (Phi) is 6.10. The van der Waals surface area contributed by atoms with Gasteiger partial charge in [0.25, 0.3) is 0 Å². The Morgan fingerprint density at radius 3 is 2.44 bits per heavy atom. The highest BCUT2D eigenvalue weighted by Crippen LogP contribution is 2.27. The molecule has 1 aromatic heterocycles. The largest absolute Gasteiger partial charge is 0.341 e. The van der Waals surface area contributed by atoms with Crippen LogP contribution in [0.2, 0.25) is 0 Å². The molecule has 0 N–H and O–H groups in total. The predicted molar refractivity (Wildman–Crippen MR) is 96.4 cm³/mol. The molecule has 3 heterocycles. The summed E-state index contributed by atoms with van der Waals surface area (Å²) in [6, 6.07) is -0.0201. The quantitative estimate of drug-likeness (QED) is 0.836. The van der Waals surface area contributed by atoms with Crippen LogP contribution in [0.3, 0.4) is 0 Å². The normalized spacial score (nSPS) is 24.3. The minimum atomic E-state index is -0.0201. The van der Waals surface area contributed by atoms with Gasteiger partial charge in [-0.15, -0.1) is 0 Å². The van der Waals surface area contributed by atoms with Crippen LogP contribution in [0.5, 0.6) is 0 Å². The molecule has 0 saturated carbocycles. The second-order valence-electron chi connectivity index (χ2n) is 7.90. The number of amides is 1. The highest BCUT2D eigenvalue weighted by molar-refractivity contribution is 5.81. The van der Waals surface area contributed by atoms with E-state index in [0.29, 0.717) is 12.4 Å². The SMILES string of the molecule is CC(C)c1nc([C@@H]2CCCN(C(=O)[C@@H](C)N3CCCCCC3)C2)no1. The number of aromatic nitrogens is 2. The molecule has 2 aliphatic rings. The fourth-order valence-corrected chi connectivity index (χ4v) is 3.94. The summed E-state index contributed by atoms with van der Waals surface area (Å²) in [6.07, 6.45) is 7.04. The maximum atomic E-state index is 13.0. The zero-order valence-corrected chi connectivity index (χ0v) is 15.9. The van der Waals surface area contributed by atoms with Gasteiger partial charge in [-0.25, -0.2) is 0 Å². The van der Waals surface area contributed by atoms with Gasteiger partial charge in [-0.05, 0) is 45.7 Å². The van der Waals surface area contributed by atoms with E-state index >= 15 is 0 Å². The van der Waals surface area contributed by atoms with E-state index in [1.807, 2.05) is 4.90 Å². The molecule has 0 radical (unpaired) electrons. The zero-order chi connectivity index (χ0) is 17.8. The molecular formula is C19H32N4O2. The van der Waals surface area contributed by atoms with Crippen LogP contribution in [0.25, 0.3) is 0 Å². The van der Waals surface area contributed by atoms with Crippen LogP contribution in [0.1, 0.15) is 82.8 Å². The van der Waals surface area contributed by atoms with Crippen LogP contribution in [-0.2, 0) is 4.79 Å². The zero-order valence-electron chi connectivity index (χ0n) is 15.9. The Hall–Kier alpha value is -1.43. The van der Waals surface area contributed by atoms with Crippen molar-refractivity contribution in [2.75, 3.05) is 26.2 Å². The molecule has 1 amide bonds. The van der Waals surface area contributed by atoms with Crippen LogP contribution in [0.15, 0.2) is 4.52 Å². The van der Waals surface area contributed by atoms with Crippen molar-refractivity contribution in [1.29, 1.82) is 0 Å². The third-order valence-corrected chi connectivity index (χ3v) is 5.60.